The number of carboxylic acid groups (broad SMARTS) is 1. The third kappa shape index (κ3) is 7.79. The molecule has 1 aliphatic rings. The molecule has 0 amide bonds. The zero-order valence-corrected chi connectivity index (χ0v) is 22.3. The Morgan fingerprint density at radius 2 is 1.82 bits per heavy atom. The number of aliphatic imine (C=N–C) groups is 1. The van der Waals surface area contributed by atoms with Gasteiger partial charge in [0, 0.05) is 17.9 Å². The number of hydrogen-bond donors (Lipinski definition) is 3. The first-order chi connectivity index (χ1) is 19.2. The van der Waals surface area contributed by atoms with Crippen LogP contribution in [-0.4, -0.2) is 60.7 Å². The maximum absolute atomic E-state index is 14.5. The molecule has 2 atom stereocenters. The number of rotatable bonds is 11. The second-order valence-electron chi connectivity index (χ2n) is 9.26. The molecule has 0 saturated heterocycles. The average Bonchev–Trinajstić information content (AvgIpc) is 3.44. The molecule has 1 aliphatic heterocycles. The van der Waals surface area contributed by atoms with Gasteiger partial charge in [-0.05, 0) is 24.1 Å². The van der Waals surface area contributed by atoms with Crippen molar-refractivity contribution in [2.24, 2.45) is 4.99 Å². The zero-order valence-electron chi connectivity index (χ0n) is 22.3. The fourth-order valence-electron chi connectivity index (χ4n) is 4.29. The third-order valence-corrected chi connectivity index (χ3v) is 6.44. The molecule has 1 aromatic carbocycles. The molecule has 3 heterocycles. The highest BCUT2D eigenvalue weighted by atomic mass is 19.1. The van der Waals surface area contributed by atoms with Gasteiger partial charge < -0.3 is 10.2 Å². The first-order valence-electron chi connectivity index (χ1n) is 12.8. The molecule has 40 heavy (non-hydrogen) atoms. The van der Waals surface area contributed by atoms with Crippen LogP contribution >= 0.6 is 0 Å². The summed E-state index contributed by atoms with van der Waals surface area (Å²) >= 11 is 0. The van der Waals surface area contributed by atoms with Crippen molar-refractivity contribution < 1.29 is 28.2 Å². The highest BCUT2D eigenvalue weighted by molar-refractivity contribution is 5.67. The van der Waals surface area contributed by atoms with E-state index in [-0.39, 0.29) is 29.1 Å². The highest BCUT2D eigenvalue weighted by Crippen LogP contribution is 2.42. The average molecular weight is 560 g/mol. The maximum Gasteiger partial charge on any atom is 0.303 e. The van der Waals surface area contributed by atoms with Crippen molar-refractivity contribution >= 4 is 12.3 Å². The molecule has 0 spiro atoms. The SMILES string of the molecule is CCCCCCC(=O)O.C[C@@H](c1ncncc1F)[C@](O)(CN1C=NCN1)c1ccc(F)cc1-c1ncncc1F. The summed E-state index contributed by atoms with van der Waals surface area (Å²) < 4.78 is 43.2. The summed E-state index contributed by atoms with van der Waals surface area (Å²) in [5.41, 5.74) is 0.983. The van der Waals surface area contributed by atoms with Crippen molar-refractivity contribution in [2.45, 2.75) is 57.5 Å². The van der Waals surface area contributed by atoms with Crippen LogP contribution in [0.1, 0.15) is 63.1 Å². The quantitative estimate of drug-likeness (QED) is 0.295. The summed E-state index contributed by atoms with van der Waals surface area (Å²) in [7, 11) is 0. The Morgan fingerprint density at radius 1 is 1.10 bits per heavy atom. The second kappa shape index (κ2) is 14.4. The molecule has 10 nitrogen and oxygen atoms in total. The lowest BCUT2D eigenvalue weighted by Gasteiger charge is -2.38. The van der Waals surface area contributed by atoms with Gasteiger partial charge in [0.1, 0.15) is 42.8 Å². The normalized spacial score (nSPS) is 14.8. The van der Waals surface area contributed by atoms with E-state index in [1.807, 2.05) is 0 Å². The molecule has 0 saturated carbocycles. The summed E-state index contributed by atoms with van der Waals surface area (Å²) in [6.07, 6.45) is 10.2. The summed E-state index contributed by atoms with van der Waals surface area (Å²) in [6.45, 7) is 3.86. The number of aliphatic carboxylic acids is 1. The molecule has 0 bridgehead atoms. The lowest BCUT2D eigenvalue weighted by atomic mass is 9.77. The van der Waals surface area contributed by atoms with Crippen LogP contribution in [0.2, 0.25) is 0 Å². The number of unbranched alkanes of at least 4 members (excludes halogenated alkanes) is 3. The van der Waals surface area contributed by atoms with Crippen molar-refractivity contribution in [1.82, 2.24) is 30.4 Å². The van der Waals surface area contributed by atoms with Crippen LogP contribution in [0.15, 0.2) is 48.2 Å². The van der Waals surface area contributed by atoms with Gasteiger partial charge in [0.15, 0.2) is 11.6 Å². The number of carboxylic acids is 1. The Balaban J connectivity index is 0.000000424. The minimum absolute atomic E-state index is 0.0138. The summed E-state index contributed by atoms with van der Waals surface area (Å²) in [4.78, 5) is 29.2. The Labute approximate surface area is 230 Å². The summed E-state index contributed by atoms with van der Waals surface area (Å²) in [6, 6.07) is 3.53. The van der Waals surface area contributed by atoms with Gasteiger partial charge in [0.2, 0.25) is 0 Å². The van der Waals surface area contributed by atoms with E-state index in [0.29, 0.717) is 13.1 Å². The van der Waals surface area contributed by atoms with E-state index < -0.39 is 34.9 Å². The van der Waals surface area contributed by atoms with Crippen molar-refractivity contribution in [3.63, 3.8) is 0 Å². The van der Waals surface area contributed by atoms with Gasteiger partial charge in [-0.2, -0.15) is 0 Å². The van der Waals surface area contributed by atoms with Gasteiger partial charge in [0.25, 0.3) is 0 Å². The molecule has 0 radical (unpaired) electrons. The molecule has 214 valence electrons. The van der Waals surface area contributed by atoms with Crippen molar-refractivity contribution in [3.05, 3.63) is 72.0 Å². The van der Waals surface area contributed by atoms with Crippen molar-refractivity contribution in [3.8, 4) is 11.3 Å². The number of hydrogen-bond acceptors (Lipinski definition) is 9. The molecule has 4 rings (SSSR count). The Hall–Kier alpha value is -3.97. The van der Waals surface area contributed by atoms with Gasteiger partial charge in [-0.1, -0.05) is 39.2 Å². The molecule has 0 aliphatic carbocycles. The number of aromatic nitrogens is 4. The summed E-state index contributed by atoms with van der Waals surface area (Å²) in [5.74, 6) is -3.78. The van der Waals surface area contributed by atoms with E-state index in [9.17, 15) is 23.1 Å². The third-order valence-electron chi connectivity index (χ3n) is 6.44. The number of benzene rings is 1. The number of hydrazine groups is 1. The molecule has 0 fully saturated rings. The maximum atomic E-state index is 14.5. The molecule has 3 aromatic rings. The van der Waals surface area contributed by atoms with Gasteiger partial charge in [-0.3, -0.25) is 14.8 Å². The topological polar surface area (TPSA) is 137 Å². The predicted molar refractivity (Wildman–Crippen MR) is 141 cm³/mol. The van der Waals surface area contributed by atoms with E-state index in [4.69, 9.17) is 5.11 Å². The van der Waals surface area contributed by atoms with Gasteiger partial charge in [-0.25, -0.2) is 38.5 Å². The number of aliphatic hydroxyl groups is 1. The van der Waals surface area contributed by atoms with E-state index >= 15 is 0 Å². The lowest BCUT2D eigenvalue weighted by Crippen LogP contribution is -2.47. The van der Waals surface area contributed by atoms with Crippen LogP contribution in [0.5, 0.6) is 0 Å². The molecule has 0 unspecified atom stereocenters. The Bertz CT molecular complexity index is 1310. The number of carbonyl (C=O) groups is 1. The van der Waals surface area contributed by atoms with Gasteiger partial charge >= 0.3 is 5.97 Å². The molecular weight excluding hydrogens is 527 g/mol. The first-order valence-corrected chi connectivity index (χ1v) is 12.8. The van der Waals surface area contributed by atoms with E-state index in [0.717, 1.165) is 50.1 Å². The standard InChI is InChI=1S/C20H18F3N7O.C7H14O2/c1-12(18-16(22)5-24-8-27-18)20(31,7-30-11-26-10-29-30)15-3-2-13(21)4-14(15)19-17(23)6-25-9-28-19;1-2-3-4-5-6-7(8)9/h2-6,8-9,11-12,29,31H,7,10H2,1H3;2-6H2,1H3,(H,8,9)/t12-,20+;/m0./s1. The van der Waals surface area contributed by atoms with E-state index in [1.165, 1.54) is 30.2 Å². The fraction of sp³-hybridized carbons (Fsp3) is 0.407. The molecule has 3 N–H and O–H groups in total. The largest absolute Gasteiger partial charge is 0.481 e. The zero-order chi connectivity index (χ0) is 29.1. The van der Waals surface area contributed by atoms with E-state index in [1.54, 1.807) is 6.92 Å². The first kappa shape index (κ1) is 30.6. The molecule has 2 aromatic heterocycles. The van der Waals surface area contributed by atoms with Gasteiger partial charge in [0.05, 0.1) is 24.6 Å². The Kier molecular flexibility index (Phi) is 11.0. The van der Waals surface area contributed by atoms with Crippen LogP contribution in [0.25, 0.3) is 11.3 Å². The molecule has 13 heteroatoms. The number of halogens is 3. The predicted octanol–water partition coefficient (Wildman–Crippen LogP) is 4.19. The van der Waals surface area contributed by atoms with Crippen molar-refractivity contribution in [2.75, 3.05) is 13.2 Å². The minimum Gasteiger partial charge on any atom is -0.481 e. The Morgan fingerprint density at radius 3 is 2.45 bits per heavy atom. The van der Waals surface area contributed by atoms with Crippen LogP contribution in [0.3, 0.4) is 0 Å². The second-order valence-corrected chi connectivity index (χ2v) is 9.26. The number of nitrogens with zero attached hydrogens (tertiary/aromatic N) is 6. The highest BCUT2D eigenvalue weighted by Gasteiger charge is 2.43. The van der Waals surface area contributed by atoms with Crippen LogP contribution in [0, 0.1) is 17.5 Å². The number of β-amino-alcohol motifs (C(OH)–C–C–N with tert-alkyl or cyclic N) is 1. The van der Waals surface area contributed by atoms with Crippen LogP contribution in [-0.2, 0) is 10.4 Å². The monoisotopic (exact) mass is 559 g/mol. The molecular formula is C27H32F3N7O3. The van der Waals surface area contributed by atoms with Gasteiger partial charge in [-0.15, -0.1) is 0 Å². The van der Waals surface area contributed by atoms with Crippen LogP contribution in [0.4, 0.5) is 13.2 Å². The van der Waals surface area contributed by atoms with Crippen molar-refractivity contribution in [1.29, 1.82) is 0 Å². The fourth-order valence-corrected chi connectivity index (χ4v) is 4.29. The smallest absolute Gasteiger partial charge is 0.303 e. The lowest BCUT2D eigenvalue weighted by molar-refractivity contribution is -0.137. The minimum atomic E-state index is -1.86. The number of nitrogens with one attached hydrogen (secondary N) is 1. The summed E-state index contributed by atoms with van der Waals surface area (Å²) in [5, 5.41) is 21.7. The van der Waals surface area contributed by atoms with Crippen LogP contribution < -0.4 is 5.43 Å². The van der Waals surface area contributed by atoms with E-state index in [2.05, 4.69) is 37.3 Å².